The summed E-state index contributed by atoms with van der Waals surface area (Å²) in [6.45, 7) is 3.84. The molecule has 3 aromatic carbocycles. The number of nitrogens with one attached hydrogen (secondary N) is 1. The molecular formula is C26H31N3O4S. The Morgan fingerprint density at radius 2 is 1.59 bits per heavy atom. The van der Waals surface area contributed by atoms with Crippen LogP contribution in [0.1, 0.15) is 19.4 Å². The Bertz CT molecular complexity index is 1250. The topological polar surface area (TPSA) is 86.8 Å². The highest BCUT2D eigenvalue weighted by molar-refractivity contribution is 7.89. The van der Waals surface area contributed by atoms with E-state index < -0.39 is 22.0 Å². The van der Waals surface area contributed by atoms with Gasteiger partial charge >= 0.3 is 0 Å². The first kappa shape index (κ1) is 25.4. The van der Waals surface area contributed by atoms with Crippen molar-refractivity contribution in [1.29, 1.82) is 0 Å². The quantitative estimate of drug-likeness (QED) is 0.482. The first-order valence-electron chi connectivity index (χ1n) is 11.3. The number of carbonyl (C=O) groups is 2. The fourth-order valence-electron chi connectivity index (χ4n) is 3.77. The molecule has 0 spiro atoms. The van der Waals surface area contributed by atoms with Gasteiger partial charge in [-0.05, 0) is 48.7 Å². The summed E-state index contributed by atoms with van der Waals surface area (Å²) in [6, 6.07) is 21.3. The molecule has 0 bridgehead atoms. The summed E-state index contributed by atoms with van der Waals surface area (Å²) in [6.07, 6.45) is 0.553. The van der Waals surface area contributed by atoms with E-state index in [9.17, 15) is 18.0 Å². The average Bonchev–Trinajstić information content (AvgIpc) is 2.84. The van der Waals surface area contributed by atoms with Crippen molar-refractivity contribution in [2.75, 3.05) is 26.7 Å². The Morgan fingerprint density at radius 3 is 2.26 bits per heavy atom. The lowest BCUT2D eigenvalue weighted by molar-refractivity contribution is -0.139. The molecule has 3 rings (SSSR count). The number of hydrogen-bond acceptors (Lipinski definition) is 4. The number of sulfonamides is 1. The monoisotopic (exact) mass is 481 g/mol. The van der Waals surface area contributed by atoms with Gasteiger partial charge in [0.25, 0.3) is 0 Å². The van der Waals surface area contributed by atoms with Crippen LogP contribution in [0.2, 0.25) is 0 Å². The average molecular weight is 482 g/mol. The molecule has 0 radical (unpaired) electrons. The van der Waals surface area contributed by atoms with Gasteiger partial charge in [-0.2, -0.15) is 4.31 Å². The molecule has 0 saturated heterocycles. The number of amides is 2. The standard InChI is InChI=1S/C26H31N3O4S/c1-4-27-26(31)20(2)29(17-16-21-10-6-5-7-11-21)25(30)19-28(3)34(32,33)24-15-14-22-12-8-9-13-23(22)18-24/h5-15,18,20H,4,16-17,19H2,1-3H3,(H,27,31). The number of nitrogens with zero attached hydrogens (tertiary/aromatic N) is 2. The Morgan fingerprint density at radius 1 is 0.941 bits per heavy atom. The van der Waals surface area contributed by atoms with Gasteiger partial charge in [0.15, 0.2) is 0 Å². The van der Waals surface area contributed by atoms with Crippen molar-refractivity contribution in [3.63, 3.8) is 0 Å². The molecule has 0 aliphatic carbocycles. The van der Waals surface area contributed by atoms with Crippen LogP contribution in [0.3, 0.4) is 0 Å². The van der Waals surface area contributed by atoms with E-state index in [0.717, 1.165) is 20.6 Å². The van der Waals surface area contributed by atoms with E-state index in [0.29, 0.717) is 19.5 Å². The highest BCUT2D eigenvalue weighted by Gasteiger charge is 2.29. The molecule has 0 aromatic heterocycles. The van der Waals surface area contributed by atoms with Crippen LogP contribution in [0, 0.1) is 0 Å². The Balaban J connectivity index is 1.79. The van der Waals surface area contributed by atoms with Gasteiger partial charge in [0.1, 0.15) is 6.04 Å². The SMILES string of the molecule is CCNC(=O)C(C)N(CCc1ccccc1)C(=O)CN(C)S(=O)(=O)c1ccc2ccccc2c1. The Hall–Kier alpha value is -3.23. The summed E-state index contributed by atoms with van der Waals surface area (Å²) in [5.74, 6) is -0.703. The molecular weight excluding hydrogens is 450 g/mol. The molecule has 1 N–H and O–H groups in total. The summed E-state index contributed by atoms with van der Waals surface area (Å²) < 4.78 is 27.4. The molecule has 1 unspecified atom stereocenters. The molecule has 34 heavy (non-hydrogen) atoms. The van der Waals surface area contributed by atoms with Crippen molar-refractivity contribution in [1.82, 2.24) is 14.5 Å². The molecule has 1 atom stereocenters. The van der Waals surface area contributed by atoms with Gasteiger partial charge in [0.2, 0.25) is 21.8 Å². The van der Waals surface area contributed by atoms with Crippen molar-refractivity contribution >= 4 is 32.6 Å². The van der Waals surface area contributed by atoms with Gasteiger partial charge in [0, 0.05) is 20.1 Å². The molecule has 7 nitrogen and oxygen atoms in total. The van der Waals surface area contributed by atoms with Crippen LogP contribution >= 0.6 is 0 Å². The minimum Gasteiger partial charge on any atom is -0.355 e. The largest absolute Gasteiger partial charge is 0.355 e. The minimum absolute atomic E-state index is 0.120. The summed E-state index contributed by atoms with van der Waals surface area (Å²) in [7, 11) is -2.51. The Kier molecular flexibility index (Phi) is 8.41. The lowest BCUT2D eigenvalue weighted by Crippen LogP contribution is -2.51. The van der Waals surface area contributed by atoms with Crippen LogP contribution in [-0.2, 0) is 26.0 Å². The zero-order valence-corrected chi connectivity index (χ0v) is 20.6. The smallest absolute Gasteiger partial charge is 0.243 e. The van der Waals surface area contributed by atoms with E-state index in [1.165, 1.54) is 11.9 Å². The fraction of sp³-hybridized carbons (Fsp3) is 0.308. The highest BCUT2D eigenvalue weighted by atomic mass is 32.2. The van der Waals surface area contributed by atoms with Gasteiger partial charge < -0.3 is 10.2 Å². The molecule has 0 heterocycles. The lowest BCUT2D eigenvalue weighted by atomic mass is 10.1. The predicted molar refractivity (Wildman–Crippen MR) is 134 cm³/mol. The van der Waals surface area contributed by atoms with E-state index in [2.05, 4.69) is 5.32 Å². The maximum Gasteiger partial charge on any atom is 0.243 e. The van der Waals surface area contributed by atoms with Crippen LogP contribution in [0.4, 0.5) is 0 Å². The second kappa shape index (κ2) is 11.3. The van der Waals surface area contributed by atoms with Gasteiger partial charge in [-0.3, -0.25) is 9.59 Å². The molecule has 0 saturated carbocycles. The predicted octanol–water partition coefficient (Wildman–Crippen LogP) is 3.06. The van der Waals surface area contributed by atoms with Crippen LogP contribution in [0.25, 0.3) is 10.8 Å². The summed E-state index contributed by atoms with van der Waals surface area (Å²) >= 11 is 0. The molecule has 0 aliphatic rings. The normalized spacial score (nSPS) is 12.5. The Labute approximate surface area is 201 Å². The fourth-order valence-corrected chi connectivity index (χ4v) is 4.92. The third-order valence-electron chi connectivity index (χ3n) is 5.79. The van der Waals surface area contributed by atoms with Gasteiger partial charge in [-0.1, -0.05) is 60.7 Å². The summed E-state index contributed by atoms with van der Waals surface area (Å²) in [5, 5.41) is 4.48. The van der Waals surface area contributed by atoms with E-state index in [-0.39, 0.29) is 17.3 Å². The molecule has 0 aliphatic heterocycles. The van der Waals surface area contributed by atoms with Gasteiger partial charge in [0.05, 0.1) is 11.4 Å². The number of rotatable bonds is 10. The second-order valence-electron chi connectivity index (χ2n) is 8.16. The van der Waals surface area contributed by atoms with Crippen molar-refractivity contribution < 1.29 is 18.0 Å². The first-order valence-corrected chi connectivity index (χ1v) is 12.7. The highest BCUT2D eigenvalue weighted by Crippen LogP contribution is 2.21. The molecule has 2 amide bonds. The third-order valence-corrected chi connectivity index (χ3v) is 7.59. The zero-order valence-electron chi connectivity index (χ0n) is 19.8. The van der Waals surface area contributed by atoms with Crippen molar-refractivity contribution in [3.05, 3.63) is 78.4 Å². The minimum atomic E-state index is -3.90. The van der Waals surface area contributed by atoms with Gasteiger partial charge in [-0.15, -0.1) is 0 Å². The maximum absolute atomic E-state index is 13.3. The molecule has 3 aromatic rings. The van der Waals surface area contributed by atoms with E-state index in [1.54, 1.807) is 25.1 Å². The van der Waals surface area contributed by atoms with Crippen LogP contribution in [0.15, 0.2) is 77.7 Å². The lowest BCUT2D eigenvalue weighted by Gasteiger charge is -2.30. The van der Waals surface area contributed by atoms with Crippen LogP contribution in [-0.4, -0.2) is 62.2 Å². The zero-order chi connectivity index (χ0) is 24.7. The van der Waals surface area contributed by atoms with E-state index in [1.807, 2.05) is 61.5 Å². The maximum atomic E-state index is 13.3. The van der Waals surface area contributed by atoms with Crippen molar-refractivity contribution in [3.8, 4) is 0 Å². The molecule has 8 heteroatoms. The number of benzene rings is 3. The van der Waals surface area contributed by atoms with Crippen LogP contribution in [0.5, 0.6) is 0 Å². The number of hydrogen-bond donors (Lipinski definition) is 1. The van der Waals surface area contributed by atoms with Crippen molar-refractivity contribution in [2.24, 2.45) is 0 Å². The molecule has 0 fully saturated rings. The number of fused-ring (bicyclic) bond motifs is 1. The van der Waals surface area contributed by atoms with Crippen LogP contribution < -0.4 is 5.32 Å². The third kappa shape index (κ3) is 6.01. The van der Waals surface area contributed by atoms with E-state index in [4.69, 9.17) is 0 Å². The number of likely N-dealkylation sites (N-methyl/N-ethyl adjacent to an activating group) is 2. The molecule has 180 valence electrons. The van der Waals surface area contributed by atoms with Gasteiger partial charge in [-0.25, -0.2) is 8.42 Å². The van der Waals surface area contributed by atoms with Crippen molar-refractivity contribution in [2.45, 2.75) is 31.2 Å². The van der Waals surface area contributed by atoms with E-state index >= 15 is 0 Å². The first-order chi connectivity index (χ1) is 16.2. The second-order valence-corrected chi connectivity index (χ2v) is 10.2. The summed E-state index contributed by atoms with van der Waals surface area (Å²) in [4.78, 5) is 27.3. The summed E-state index contributed by atoms with van der Waals surface area (Å²) in [5.41, 5.74) is 1.03. The number of carbonyl (C=O) groups excluding carboxylic acids is 2.